The number of anilines is 1. The molecule has 0 heterocycles. The maximum absolute atomic E-state index is 11.6. The number of carbonyl (C=O) groups is 2. The highest BCUT2D eigenvalue weighted by Gasteiger charge is 2.14. The molecular weight excluding hydrogens is 258 g/mol. The predicted octanol–water partition coefficient (Wildman–Crippen LogP) is 0.678. The number of amides is 2. The van der Waals surface area contributed by atoms with Crippen LogP contribution in [0.1, 0.15) is 20.3 Å². The van der Waals surface area contributed by atoms with Crippen molar-refractivity contribution in [2.24, 2.45) is 0 Å². The Kier molecular flexibility index (Phi) is 6.36. The Hall–Kier alpha value is -2.24. The first-order chi connectivity index (χ1) is 9.54. The summed E-state index contributed by atoms with van der Waals surface area (Å²) in [5.41, 5.74) is 6.24. The molecule has 4 N–H and O–H groups in total. The Morgan fingerprint density at radius 3 is 2.70 bits per heavy atom. The first-order valence-electron chi connectivity index (χ1n) is 6.59. The van der Waals surface area contributed by atoms with E-state index in [1.165, 1.54) is 0 Å². The Morgan fingerprint density at radius 2 is 2.05 bits per heavy atom. The Labute approximate surface area is 118 Å². The summed E-state index contributed by atoms with van der Waals surface area (Å²) in [5.74, 6) is 0.115. The first kappa shape index (κ1) is 15.8. The van der Waals surface area contributed by atoms with Crippen LogP contribution in [0.15, 0.2) is 24.3 Å². The molecule has 0 aliphatic rings. The second kappa shape index (κ2) is 8.04. The van der Waals surface area contributed by atoms with E-state index in [0.717, 1.165) is 0 Å². The van der Waals surface area contributed by atoms with Gasteiger partial charge < -0.3 is 21.1 Å². The van der Waals surface area contributed by atoms with Gasteiger partial charge in [-0.1, -0.05) is 12.1 Å². The van der Waals surface area contributed by atoms with E-state index in [0.29, 0.717) is 18.0 Å². The SMILES string of the molecule is CCNC(=O)C(C)NC(=O)CCOc1ccccc1N. The molecule has 110 valence electrons. The van der Waals surface area contributed by atoms with Crippen molar-refractivity contribution in [3.8, 4) is 5.75 Å². The predicted molar refractivity (Wildman–Crippen MR) is 77.3 cm³/mol. The molecule has 1 aromatic carbocycles. The third kappa shape index (κ3) is 5.17. The fourth-order valence-corrected chi connectivity index (χ4v) is 1.57. The zero-order valence-corrected chi connectivity index (χ0v) is 11.8. The Morgan fingerprint density at radius 1 is 1.35 bits per heavy atom. The smallest absolute Gasteiger partial charge is 0.242 e. The second-order valence-corrected chi connectivity index (χ2v) is 4.32. The van der Waals surface area contributed by atoms with Crippen LogP contribution in [0.2, 0.25) is 0 Å². The minimum Gasteiger partial charge on any atom is -0.491 e. The van der Waals surface area contributed by atoms with Crippen LogP contribution in [0, 0.1) is 0 Å². The Balaban J connectivity index is 2.30. The lowest BCUT2D eigenvalue weighted by molar-refractivity contribution is -0.128. The zero-order chi connectivity index (χ0) is 15.0. The van der Waals surface area contributed by atoms with E-state index in [-0.39, 0.29) is 24.8 Å². The summed E-state index contributed by atoms with van der Waals surface area (Å²) in [6.45, 7) is 4.21. The maximum atomic E-state index is 11.6. The molecule has 0 aliphatic heterocycles. The number of carbonyl (C=O) groups excluding carboxylic acids is 2. The number of para-hydroxylation sites is 2. The molecule has 0 aliphatic carbocycles. The van der Waals surface area contributed by atoms with Gasteiger partial charge in [0.1, 0.15) is 11.8 Å². The summed E-state index contributed by atoms with van der Waals surface area (Å²) in [6.07, 6.45) is 0.165. The number of nitrogens with one attached hydrogen (secondary N) is 2. The van der Waals surface area contributed by atoms with E-state index in [1.807, 2.05) is 19.1 Å². The number of hydrogen-bond donors (Lipinski definition) is 3. The molecular formula is C14H21N3O3. The number of benzene rings is 1. The average Bonchev–Trinajstić information content (AvgIpc) is 2.41. The lowest BCUT2D eigenvalue weighted by atomic mass is 10.3. The fraction of sp³-hybridized carbons (Fsp3) is 0.429. The van der Waals surface area contributed by atoms with Gasteiger partial charge in [-0.2, -0.15) is 0 Å². The summed E-state index contributed by atoms with van der Waals surface area (Å²) in [4.78, 5) is 23.1. The molecule has 0 aromatic heterocycles. The van der Waals surface area contributed by atoms with E-state index in [9.17, 15) is 9.59 Å². The van der Waals surface area contributed by atoms with Crippen LogP contribution >= 0.6 is 0 Å². The molecule has 0 fully saturated rings. The average molecular weight is 279 g/mol. The number of rotatable bonds is 7. The number of ether oxygens (including phenoxy) is 1. The highest BCUT2D eigenvalue weighted by atomic mass is 16.5. The second-order valence-electron chi connectivity index (χ2n) is 4.32. The molecule has 6 nitrogen and oxygen atoms in total. The number of nitrogen functional groups attached to an aromatic ring is 1. The summed E-state index contributed by atoms with van der Waals surface area (Å²) < 4.78 is 5.41. The molecule has 2 amide bonds. The van der Waals surface area contributed by atoms with E-state index in [1.54, 1.807) is 19.1 Å². The minimum absolute atomic E-state index is 0.165. The molecule has 0 spiro atoms. The van der Waals surface area contributed by atoms with Gasteiger partial charge in [0, 0.05) is 6.54 Å². The van der Waals surface area contributed by atoms with Gasteiger partial charge in [0.05, 0.1) is 18.7 Å². The normalized spacial score (nSPS) is 11.5. The van der Waals surface area contributed by atoms with E-state index in [2.05, 4.69) is 10.6 Å². The van der Waals surface area contributed by atoms with Gasteiger partial charge in [-0.25, -0.2) is 0 Å². The Bertz CT molecular complexity index is 463. The van der Waals surface area contributed by atoms with Gasteiger partial charge in [-0.05, 0) is 26.0 Å². The van der Waals surface area contributed by atoms with Gasteiger partial charge in [-0.15, -0.1) is 0 Å². The van der Waals surface area contributed by atoms with Gasteiger partial charge in [0.2, 0.25) is 11.8 Å². The van der Waals surface area contributed by atoms with Crippen molar-refractivity contribution >= 4 is 17.5 Å². The van der Waals surface area contributed by atoms with Crippen LogP contribution in [0.25, 0.3) is 0 Å². The fourth-order valence-electron chi connectivity index (χ4n) is 1.57. The van der Waals surface area contributed by atoms with Gasteiger partial charge in [0.15, 0.2) is 0 Å². The van der Waals surface area contributed by atoms with Crippen LogP contribution in [-0.4, -0.2) is 31.0 Å². The maximum Gasteiger partial charge on any atom is 0.242 e. The zero-order valence-electron chi connectivity index (χ0n) is 11.8. The van der Waals surface area contributed by atoms with Crippen molar-refractivity contribution in [1.82, 2.24) is 10.6 Å². The lowest BCUT2D eigenvalue weighted by Gasteiger charge is -2.13. The minimum atomic E-state index is -0.552. The highest BCUT2D eigenvalue weighted by Crippen LogP contribution is 2.19. The molecule has 1 unspecified atom stereocenters. The quantitative estimate of drug-likeness (QED) is 0.640. The van der Waals surface area contributed by atoms with Gasteiger partial charge >= 0.3 is 0 Å². The van der Waals surface area contributed by atoms with Crippen molar-refractivity contribution in [2.75, 3.05) is 18.9 Å². The summed E-state index contributed by atoms with van der Waals surface area (Å²) in [5, 5.41) is 5.24. The first-order valence-corrected chi connectivity index (χ1v) is 6.59. The van der Waals surface area contributed by atoms with Crippen molar-refractivity contribution in [3.05, 3.63) is 24.3 Å². The van der Waals surface area contributed by atoms with Crippen LogP contribution in [0.3, 0.4) is 0 Å². The molecule has 0 bridgehead atoms. The van der Waals surface area contributed by atoms with Crippen molar-refractivity contribution in [2.45, 2.75) is 26.3 Å². The largest absolute Gasteiger partial charge is 0.491 e. The van der Waals surface area contributed by atoms with E-state index in [4.69, 9.17) is 10.5 Å². The van der Waals surface area contributed by atoms with Crippen molar-refractivity contribution < 1.29 is 14.3 Å². The van der Waals surface area contributed by atoms with Crippen LogP contribution in [0.4, 0.5) is 5.69 Å². The van der Waals surface area contributed by atoms with Crippen LogP contribution in [0.5, 0.6) is 5.75 Å². The summed E-state index contributed by atoms with van der Waals surface area (Å²) >= 11 is 0. The van der Waals surface area contributed by atoms with Crippen LogP contribution < -0.4 is 21.1 Å². The van der Waals surface area contributed by atoms with E-state index < -0.39 is 6.04 Å². The summed E-state index contributed by atoms with van der Waals surface area (Å²) in [6, 6.07) is 6.53. The third-order valence-corrected chi connectivity index (χ3v) is 2.63. The molecule has 1 aromatic rings. The molecule has 0 radical (unpaired) electrons. The number of likely N-dealkylation sites (N-methyl/N-ethyl adjacent to an activating group) is 1. The monoisotopic (exact) mass is 279 g/mol. The van der Waals surface area contributed by atoms with Crippen molar-refractivity contribution in [1.29, 1.82) is 0 Å². The van der Waals surface area contributed by atoms with E-state index >= 15 is 0 Å². The molecule has 20 heavy (non-hydrogen) atoms. The third-order valence-electron chi connectivity index (χ3n) is 2.63. The standard InChI is InChI=1S/C14H21N3O3/c1-3-16-14(19)10(2)17-13(18)8-9-20-12-7-5-4-6-11(12)15/h4-7,10H,3,8-9,15H2,1-2H3,(H,16,19)(H,17,18). The lowest BCUT2D eigenvalue weighted by Crippen LogP contribution is -2.45. The number of nitrogens with two attached hydrogens (primary N) is 1. The molecule has 1 rings (SSSR count). The molecule has 1 atom stereocenters. The molecule has 6 heteroatoms. The molecule has 0 saturated heterocycles. The summed E-state index contributed by atoms with van der Waals surface area (Å²) in [7, 11) is 0. The van der Waals surface area contributed by atoms with Crippen LogP contribution in [-0.2, 0) is 9.59 Å². The van der Waals surface area contributed by atoms with Gasteiger partial charge in [0.25, 0.3) is 0 Å². The van der Waals surface area contributed by atoms with Crippen molar-refractivity contribution in [3.63, 3.8) is 0 Å². The highest BCUT2D eigenvalue weighted by molar-refractivity contribution is 5.87. The molecule has 0 saturated carbocycles. The number of hydrogen-bond acceptors (Lipinski definition) is 4. The van der Waals surface area contributed by atoms with Gasteiger partial charge in [-0.3, -0.25) is 9.59 Å². The topological polar surface area (TPSA) is 93.5 Å².